The van der Waals surface area contributed by atoms with Gasteiger partial charge >= 0.3 is 0 Å². The van der Waals surface area contributed by atoms with Crippen LogP contribution in [0.3, 0.4) is 0 Å². The summed E-state index contributed by atoms with van der Waals surface area (Å²) in [6, 6.07) is 0. The molecule has 0 saturated heterocycles. The Morgan fingerprint density at radius 2 is 1.91 bits per heavy atom. The maximum Gasteiger partial charge on any atom is 0.168 e. The fourth-order valence-electron chi connectivity index (χ4n) is 1.69. The summed E-state index contributed by atoms with van der Waals surface area (Å²) in [6.07, 6.45) is 4.49. The van der Waals surface area contributed by atoms with E-state index in [1.165, 1.54) is 5.57 Å². The highest BCUT2D eigenvalue weighted by Crippen LogP contribution is 2.32. The van der Waals surface area contributed by atoms with E-state index in [1.54, 1.807) is 0 Å². The SMILES string of the molecule is CC1C=[N+](C)C=C1C(C)(C)C. The number of rotatable bonds is 0. The van der Waals surface area contributed by atoms with Crippen molar-refractivity contribution < 1.29 is 4.58 Å². The largest absolute Gasteiger partial charge is 0.211 e. The molecule has 1 heterocycles. The maximum absolute atomic E-state index is 2.27. The van der Waals surface area contributed by atoms with Crippen molar-refractivity contribution in [3.63, 3.8) is 0 Å². The number of allylic oxidation sites excluding steroid dienone is 1. The van der Waals surface area contributed by atoms with E-state index in [0.29, 0.717) is 11.3 Å². The van der Waals surface area contributed by atoms with Crippen LogP contribution in [0.2, 0.25) is 0 Å². The molecule has 1 heteroatoms. The third-order valence-corrected chi connectivity index (χ3v) is 2.16. The monoisotopic (exact) mass is 152 g/mol. The van der Waals surface area contributed by atoms with Gasteiger partial charge in [-0.2, -0.15) is 0 Å². The summed E-state index contributed by atoms with van der Waals surface area (Å²) in [7, 11) is 2.09. The molecule has 1 unspecified atom stereocenters. The minimum atomic E-state index is 0.320. The summed E-state index contributed by atoms with van der Waals surface area (Å²) in [6.45, 7) is 9.05. The first-order chi connectivity index (χ1) is 4.91. The molecule has 0 amide bonds. The van der Waals surface area contributed by atoms with Crippen molar-refractivity contribution >= 4 is 6.21 Å². The van der Waals surface area contributed by atoms with Gasteiger partial charge in [0.25, 0.3) is 0 Å². The Labute approximate surface area is 69.4 Å². The third kappa shape index (κ3) is 1.70. The molecule has 1 nitrogen and oxygen atoms in total. The molecule has 1 aliphatic heterocycles. The average Bonchev–Trinajstić information content (AvgIpc) is 2.08. The molecular formula is C10H18N+. The molecule has 0 fully saturated rings. The lowest BCUT2D eigenvalue weighted by atomic mass is 9.81. The molecule has 1 atom stereocenters. The second kappa shape index (κ2) is 2.47. The van der Waals surface area contributed by atoms with Crippen LogP contribution in [0.4, 0.5) is 0 Å². The Kier molecular flexibility index (Phi) is 1.91. The topological polar surface area (TPSA) is 3.01 Å². The quantitative estimate of drug-likeness (QED) is 0.468. The smallest absolute Gasteiger partial charge is 0.168 e. The van der Waals surface area contributed by atoms with E-state index < -0.39 is 0 Å². The Hall–Kier alpha value is -0.590. The van der Waals surface area contributed by atoms with Gasteiger partial charge in [0.05, 0.1) is 5.92 Å². The standard InChI is InChI=1S/C10H18N/c1-8-6-11(5)7-9(8)10(2,3)4/h6-8H,1-5H3/q+1. The zero-order chi connectivity index (χ0) is 8.65. The van der Waals surface area contributed by atoms with Crippen molar-refractivity contribution in [1.29, 1.82) is 0 Å². The van der Waals surface area contributed by atoms with Gasteiger partial charge in [-0.15, -0.1) is 0 Å². The Bertz CT molecular complexity index is 216. The minimum absolute atomic E-state index is 0.320. The fourth-order valence-corrected chi connectivity index (χ4v) is 1.69. The van der Waals surface area contributed by atoms with Crippen LogP contribution < -0.4 is 0 Å². The van der Waals surface area contributed by atoms with Gasteiger partial charge in [-0.3, -0.25) is 0 Å². The fraction of sp³-hybridized carbons (Fsp3) is 0.700. The average molecular weight is 152 g/mol. The molecule has 11 heavy (non-hydrogen) atoms. The van der Waals surface area contributed by atoms with E-state index in [2.05, 4.69) is 51.7 Å². The van der Waals surface area contributed by atoms with Gasteiger partial charge in [0.1, 0.15) is 7.05 Å². The van der Waals surface area contributed by atoms with Crippen molar-refractivity contribution in [2.24, 2.45) is 11.3 Å². The lowest BCUT2D eigenvalue weighted by molar-refractivity contribution is -0.415. The summed E-state index contributed by atoms with van der Waals surface area (Å²) in [5, 5.41) is 0. The van der Waals surface area contributed by atoms with Gasteiger partial charge in [0.15, 0.2) is 12.4 Å². The molecular weight excluding hydrogens is 134 g/mol. The van der Waals surface area contributed by atoms with Crippen molar-refractivity contribution in [2.45, 2.75) is 27.7 Å². The van der Waals surface area contributed by atoms with E-state index in [9.17, 15) is 0 Å². The number of hydrogen-bond acceptors (Lipinski definition) is 0. The number of nitrogens with zero attached hydrogens (tertiary/aromatic N) is 1. The second-order valence-electron chi connectivity index (χ2n) is 4.44. The molecule has 1 rings (SSSR count). The van der Waals surface area contributed by atoms with E-state index in [4.69, 9.17) is 0 Å². The highest BCUT2D eigenvalue weighted by Gasteiger charge is 2.29. The number of hydrogen-bond donors (Lipinski definition) is 0. The first-order valence-corrected chi connectivity index (χ1v) is 4.20. The molecule has 0 aliphatic carbocycles. The van der Waals surface area contributed by atoms with Crippen LogP contribution in [-0.4, -0.2) is 17.8 Å². The van der Waals surface area contributed by atoms with Crippen molar-refractivity contribution in [3.05, 3.63) is 11.8 Å². The minimum Gasteiger partial charge on any atom is -0.211 e. The van der Waals surface area contributed by atoms with Gasteiger partial charge < -0.3 is 0 Å². The van der Waals surface area contributed by atoms with E-state index in [1.807, 2.05) is 0 Å². The molecule has 0 aromatic rings. The van der Waals surface area contributed by atoms with Crippen LogP contribution in [0.5, 0.6) is 0 Å². The molecule has 0 N–H and O–H groups in total. The predicted molar refractivity (Wildman–Crippen MR) is 49.0 cm³/mol. The Morgan fingerprint density at radius 1 is 1.36 bits per heavy atom. The normalized spacial score (nSPS) is 25.0. The molecule has 0 aromatic carbocycles. The highest BCUT2D eigenvalue weighted by molar-refractivity contribution is 5.62. The van der Waals surface area contributed by atoms with Crippen molar-refractivity contribution in [1.82, 2.24) is 0 Å². The van der Waals surface area contributed by atoms with Gasteiger partial charge in [-0.1, -0.05) is 20.8 Å². The van der Waals surface area contributed by atoms with Gasteiger partial charge in [0.2, 0.25) is 0 Å². The van der Waals surface area contributed by atoms with Crippen molar-refractivity contribution in [3.8, 4) is 0 Å². The molecule has 0 bridgehead atoms. The van der Waals surface area contributed by atoms with Crippen molar-refractivity contribution in [2.75, 3.05) is 7.05 Å². The van der Waals surface area contributed by atoms with Crippen LogP contribution >= 0.6 is 0 Å². The summed E-state index contributed by atoms with van der Waals surface area (Å²) in [5.74, 6) is 0.611. The molecule has 0 spiro atoms. The lowest BCUT2D eigenvalue weighted by Gasteiger charge is -2.20. The maximum atomic E-state index is 2.27. The van der Waals surface area contributed by atoms with Gasteiger partial charge in [-0.05, 0) is 12.3 Å². The first-order valence-electron chi connectivity index (χ1n) is 4.20. The van der Waals surface area contributed by atoms with E-state index in [0.717, 1.165) is 0 Å². The van der Waals surface area contributed by atoms with Crippen LogP contribution in [0.15, 0.2) is 11.8 Å². The highest BCUT2D eigenvalue weighted by atomic mass is 15.0. The summed E-state index contributed by atoms with van der Waals surface area (Å²) in [5.41, 5.74) is 1.85. The zero-order valence-electron chi connectivity index (χ0n) is 8.18. The van der Waals surface area contributed by atoms with Crippen LogP contribution in [0.25, 0.3) is 0 Å². The van der Waals surface area contributed by atoms with Crippen LogP contribution in [0, 0.1) is 11.3 Å². The summed E-state index contributed by atoms with van der Waals surface area (Å²) >= 11 is 0. The zero-order valence-corrected chi connectivity index (χ0v) is 8.18. The van der Waals surface area contributed by atoms with Gasteiger partial charge in [-0.25, -0.2) is 4.58 Å². The summed E-state index contributed by atoms with van der Waals surface area (Å²) < 4.78 is 2.16. The van der Waals surface area contributed by atoms with E-state index in [-0.39, 0.29) is 0 Å². The predicted octanol–water partition coefficient (Wildman–Crippen LogP) is 2.28. The first kappa shape index (κ1) is 8.51. The Balaban J connectivity index is 2.87. The molecule has 62 valence electrons. The van der Waals surface area contributed by atoms with Gasteiger partial charge in [0, 0.05) is 5.57 Å². The molecule has 0 aromatic heterocycles. The third-order valence-electron chi connectivity index (χ3n) is 2.16. The lowest BCUT2D eigenvalue weighted by Crippen LogP contribution is -2.14. The molecule has 1 aliphatic rings. The molecule has 0 saturated carbocycles. The second-order valence-corrected chi connectivity index (χ2v) is 4.44. The van der Waals surface area contributed by atoms with Crippen LogP contribution in [-0.2, 0) is 0 Å². The van der Waals surface area contributed by atoms with Crippen LogP contribution in [0.1, 0.15) is 27.7 Å². The molecule has 0 radical (unpaired) electrons. The van der Waals surface area contributed by atoms with E-state index >= 15 is 0 Å². The Morgan fingerprint density at radius 3 is 2.09 bits per heavy atom. The summed E-state index contributed by atoms with van der Waals surface area (Å²) in [4.78, 5) is 0.